The van der Waals surface area contributed by atoms with E-state index in [0.717, 1.165) is 31.0 Å². The van der Waals surface area contributed by atoms with Crippen LogP contribution >= 0.6 is 23.4 Å². The van der Waals surface area contributed by atoms with Crippen LogP contribution in [0.2, 0.25) is 5.02 Å². The van der Waals surface area contributed by atoms with Gasteiger partial charge in [-0.15, -0.1) is 0 Å². The van der Waals surface area contributed by atoms with E-state index in [1.165, 1.54) is 0 Å². The first-order valence-electron chi connectivity index (χ1n) is 6.55. The number of hydrogen-bond acceptors (Lipinski definition) is 4. The second-order valence-electron chi connectivity index (χ2n) is 4.35. The summed E-state index contributed by atoms with van der Waals surface area (Å²) in [7, 11) is 1.71. The molecule has 0 heterocycles. The molecular weight excluding hydrogens is 296 g/mol. The Bertz CT molecular complexity index is 430. The van der Waals surface area contributed by atoms with Crippen molar-refractivity contribution in [2.75, 3.05) is 36.3 Å². The Morgan fingerprint density at radius 3 is 2.85 bits per heavy atom. The number of rotatable bonds is 9. The van der Waals surface area contributed by atoms with Gasteiger partial charge in [-0.2, -0.15) is 11.8 Å². The monoisotopic (exact) mass is 316 g/mol. The van der Waals surface area contributed by atoms with E-state index in [9.17, 15) is 4.79 Å². The van der Waals surface area contributed by atoms with Gasteiger partial charge >= 0.3 is 0 Å². The van der Waals surface area contributed by atoms with Crippen LogP contribution in [0.25, 0.3) is 0 Å². The molecule has 1 amide bonds. The SMILES string of the molecule is COCCCSCCCC(=O)Nc1ccc(Cl)c(N)c1. The van der Waals surface area contributed by atoms with E-state index >= 15 is 0 Å². The minimum atomic E-state index is 0.00390. The van der Waals surface area contributed by atoms with E-state index in [4.69, 9.17) is 22.1 Å². The highest BCUT2D eigenvalue weighted by atomic mass is 35.5. The van der Waals surface area contributed by atoms with Crippen LogP contribution in [-0.2, 0) is 9.53 Å². The summed E-state index contributed by atoms with van der Waals surface area (Å²) >= 11 is 7.67. The molecule has 3 N–H and O–H groups in total. The molecule has 1 aromatic rings. The van der Waals surface area contributed by atoms with Gasteiger partial charge in [-0.25, -0.2) is 0 Å². The molecule has 0 aliphatic rings. The first-order chi connectivity index (χ1) is 9.63. The summed E-state index contributed by atoms with van der Waals surface area (Å²) < 4.78 is 4.97. The lowest BCUT2D eigenvalue weighted by Crippen LogP contribution is -2.11. The average Bonchev–Trinajstić information content (AvgIpc) is 2.42. The van der Waals surface area contributed by atoms with Crippen LogP contribution < -0.4 is 11.1 Å². The van der Waals surface area contributed by atoms with Gasteiger partial charge in [0.1, 0.15) is 0 Å². The molecule has 4 nitrogen and oxygen atoms in total. The maximum atomic E-state index is 11.7. The van der Waals surface area contributed by atoms with Crippen molar-refractivity contribution in [2.45, 2.75) is 19.3 Å². The summed E-state index contributed by atoms with van der Waals surface area (Å²) in [5.41, 5.74) is 6.83. The molecule has 112 valence electrons. The molecular formula is C14H21ClN2O2S. The van der Waals surface area contributed by atoms with E-state index in [1.807, 2.05) is 11.8 Å². The van der Waals surface area contributed by atoms with Crippen LogP contribution in [0.3, 0.4) is 0 Å². The third-order valence-corrected chi connectivity index (χ3v) is 4.11. The Balaban J connectivity index is 2.15. The van der Waals surface area contributed by atoms with Crippen molar-refractivity contribution in [1.29, 1.82) is 0 Å². The number of hydrogen-bond donors (Lipinski definition) is 2. The second kappa shape index (κ2) is 9.91. The molecule has 0 aromatic heterocycles. The van der Waals surface area contributed by atoms with Crippen LogP contribution in [0.4, 0.5) is 11.4 Å². The summed E-state index contributed by atoms with van der Waals surface area (Å²) in [5, 5.41) is 3.31. The Hall–Kier alpha value is -0.910. The molecule has 0 aliphatic heterocycles. The van der Waals surface area contributed by atoms with E-state index in [1.54, 1.807) is 25.3 Å². The number of thioether (sulfide) groups is 1. The molecule has 0 spiro atoms. The van der Waals surface area contributed by atoms with Gasteiger partial charge in [0, 0.05) is 25.8 Å². The van der Waals surface area contributed by atoms with Crippen LogP contribution in [0.15, 0.2) is 18.2 Å². The predicted octanol–water partition coefficient (Wildman–Crippen LogP) is 3.41. The summed E-state index contributed by atoms with van der Waals surface area (Å²) in [5.74, 6) is 2.06. The normalized spacial score (nSPS) is 10.5. The van der Waals surface area contributed by atoms with Crippen LogP contribution in [0, 0.1) is 0 Å². The number of amides is 1. The number of benzene rings is 1. The van der Waals surface area contributed by atoms with Gasteiger partial charge in [-0.1, -0.05) is 11.6 Å². The Labute approximate surface area is 129 Å². The van der Waals surface area contributed by atoms with E-state index in [0.29, 0.717) is 22.8 Å². The molecule has 1 rings (SSSR count). The number of anilines is 2. The van der Waals surface area contributed by atoms with Crippen molar-refractivity contribution in [3.05, 3.63) is 23.2 Å². The lowest BCUT2D eigenvalue weighted by atomic mass is 10.2. The number of halogens is 1. The molecule has 1 aromatic carbocycles. The average molecular weight is 317 g/mol. The van der Waals surface area contributed by atoms with Crippen molar-refractivity contribution < 1.29 is 9.53 Å². The van der Waals surface area contributed by atoms with Crippen molar-refractivity contribution >= 4 is 40.6 Å². The van der Waals surface area contributed by atoms with Crippen LogP contribution in [0.1, 0.15) is 19.3 Å². The topological polar surface area (TPSA) is 64.3 Å². The largest absolute Gasteiger partial charge is 0.397 e. The van der Waals surface area contributed by atoms with Gasteiger partial charge in [-0.05, 0) is 42.5 Å². The number of nitrogens with one attached hydrogen (secondary N) is 1. The minimum absolute atomic E-state index is 0.00390. The van der Waals surface area contributed by atoms with Crippen LogP contribution in [-0.4, -0.2) is 31.1 Å². The molecule has 0 unspecified atom stereocenters. The third-order valence-electron chi connectivity index (χ3n) is 2.61. The highest BCUT2D eigenvalue weighted by molar-refractivity contribution is 7.99. The zero-order valence-electron chi connectivity index (χ0n) is 11.7. The predicted molar refractivity (Wildman–Crippen MR) is 87.5 cm³/mol. The zero-order valence-corrected chi connectivity index (χ0v) is 13.2. The Morgan fingerprint density at radius 2 is 2.15 bits per heavy atom. The van der Waals surface area contributed by atoms with Gasteiger partial charge in [0.25, 0.3) is 0 Å². The number of nitrogen functional groups attached to an aromatic ring is 1. The lowest BCUT2D eigenvalue weighted by Gasteiger charge is -2.07. The molecule has 0 saturated heterocycles. The highest BCUT2D eigenvalue weighted by Gasteiger charge is 2.04. The molecule has 0 atom stereocenters. The summed E-state index contributed by atoms with van der Waals surface area (Å²) in [6.45, 7) is 0.797. The highest BCUT2D eigenvalue weighted by Crippen LogP contribution is 2.22. The number of methoxy groups -OCH3 is 1. The number of ether oxygens (including phenoxy) is 1. The molecule has 0 fully saturated rings. The van der Waals surface area contributed by atoms with Gasteiger partial charge in [0.05, 0.1) is 10.7 Å². The molecule has 0 radical (unpaired) electrons. The third kappa shape index (κ3) is 7.03. The van der Waals surface area contributed by atoms with Gasteiger partial charge in [-0.3, -0.25) is 4.79 Å². The summed E-state index contributed by atoms with van der Waals surface area (Å²) in [6.07, 6.45) is 2.43. The van der Waals surface area contributed by atoms with Crippen molar-refractivity contribution in [3.63, 3.8) is 0 Å². The quantitative estimate of drug-likeness (QED) is 0.541. The first kappa shape index (κ1) is 17.1. The lowest BCUT2D eigenvalue weighted by molar-refractivity contribution is -0.116. The second-order valence-corrected chi connectivity index (χ2v) is 5.98. The van der Waals surface area contributed by atoms with Crippen molar-refractivity contribution in [1.82, 2.24) is 0 Å². The molecule has 0 aliphatic carbocycles. The van der Waals surface area contributed by atoms with Crippen molar-refractivity contribution in [3.8, 4) is 0 Å². The maximum Gasteiger partial charge on any atom is 0.224 e. The van der Waals surface area contributed by atoms with E-state index < -0.39 is 0 Å². The van der Waals surface area contributed by atoms with E-state index in [2.05, 4.69) is 5.32 Å². The fourth-order valence-corrected chi connectivity index (χ4v) is 2.58. The van der Waals surface area contributed by atoms with Gasteiger partial charge in [0.2, 0.25) is 5.91 Å². The summed E-state index contributed by atoms with van der Waals surface area (Å²) in [6, 6.07) is 5.09. The first-order valence-corrected chi connectivity index (χ1v) is 8.08. The van der Waals surface area contributed by atoms with E-state index in [-0.39, 0.29) is 5.91 Å². The zero-order chi connectivity index (χ0) is 14.8. The Morgan fingerprint density at radius 1 is 1.40 bits per heavy atom. The van der Waals surface area contributed by atoms with Gasteiger partial charge < -0.3 is 15.8 Å². The molecule has 6 heteroatoms. The number of carbonyl (C=O) groups is 1. The standard InChI is InChI=1S/C14H21ClN2O2S/c1-19-7-3-9-20-8-2-4-14(18)17-11-5-6-12(15)13(16)10-11/h5-6,10H,2-4,7-9,16H2,1H3,(H,17,18). The maximum absolute atomic E-state index is 11.7. The molecule has 0 bridgehead atoms. The smallest absolute Gasteiger partial charge is 0.224 e. The molecule has 20 heavy (non-hydrogen) atoms. The number of carbonyl (C=O) groups excluding carboxylic acids is 1. The van der Waals surface area contributed by atoms with Crippen molar-refractivity contribution in [2.24, 2.45) is 0 Å². The molecule has 0 saturated carbocycles. The van der Waals surface area contributed by atoms with Gasteiger partial charge in [0.15, 0.2) is 0 Å². The minimum Gasteiger partial charge on any atom is -0.397 e. The van der Waals surface area contributed by atoms with Crippen LogP contribution in [0.5, 0.6) is 0 Å². The summed E-state index contributed by atoms with van der Waals surface area (Å²) in [4.78, 5) is 11.7. The number of nitrogens with two attached hydrogens (primary N) is 1. The Kier molecular flexibility index (Phi) is 8.49. The fraction of sp³-hybridized carbons (Fsp3) is 0.500. The fourth-order valence-electron chi connectivity index (χ4n) is 1.59.